The van der Waals surface area contributed by atoms with Crippen LogP contribution in [-0.4, -0.2) is 5.11 Å². The first-order valence-corrected chi connectivity index (χ1v) is 5.09. The Balaban J connectivity index is 3.05. The quantitative estimate of drug-likeness (QED) is 0.815. The van der Waals surface area contributed by atoms with Gasteiger partial charge < -0.3 is 5.11 Å². The second-order valence-electron chi connectivity index (χ2n) is 3.43. The topological polar surface area (TPSA) is 20.2 Å². The molecule has 0 fully saturated rings. The van der Waals surface area contributed by atoms with Crippen LogP contribution in [0.25, 0.3) is 0 Å². The van der Waals surface area contributed by atoms with Crippen molar-refractivity contribution in [1.29, 1.82) is 0 Å². The Bertz CT molecular complexity index is 303. The molecule has 1 nitrogen and oxygen atoms in total. The highest BCUT2D eigenvalue weighted by Crippen LogP contribution is 2.38. The third-order valence-corrected chi connectivity index (χ3v) is 2.71. The predicted octanol–water partition coefficient (Wildman–Crippen LogP) is 3.46. The fourth-order valence-corrected chi connectivity index (χ4v) is 2.01. The number of thiophene rings is 1. The first kappa shape index (κ1) is 11.5. The average Bonchev–Trinajstić information content (AvgIpc) is 2.48. The number of alkyl halides is 3. The van der Waals surface area contributed by atoms with E-state index in [2.05, 4.69) is 0 Å². The highest BCUT2D eigenvalue weighted by Gasteiger charge is 2.36. The number of aliphatic hydroxyl groups excluding tert-OH is 1. The smallest absolute Gasteiger partial charge is 0.388 e. The van der Waals surface area contributed by atoms with Gasteiger partial charge in [-0.3, -0.25) is 0 Å². The van der Waals surface area contributed by atoms with Gasteiger partial charge in [-0.05, 0) is 11.3 Å². The molecule has 1 aromatic rings. The van der Waals surface area contributed by atoms with Gasteiger partial charge in [0.25, 0.3) is 0 Å². The van der Waals surface area contributed by atoms with Crippen molar-refractivity contribution in [2.45, 2.75) is 26.1 Å². The van der Waals surface area contributed by atoms with Crippen molar-refractivity contribution >= 4 is 11.3 Å². The molecule has 0 saturated carbocycles. The van der Waals surface area contributed by atoms with Crippen LogP contribution >= 0.6 is 11.3 Å². The normalized spacial score (nSPS) is 14.8. The molecule has 1 unspecified atom stereocenters. The van der Waals surface area contributed by atoms with Gasteiger partial charge in [0.2, 0.25) is 0 Å². The number of aliphatic hydroxyl groups is 1. The maximum atomic E-state index is 12.4. The van der Waals surface area contributed by atoms with E-state index < -0.39 is 17.8 Å². The van der Waals surface area contributed by atoms with Crippen molar-refractivity contribution in [3.05, 3.63) is 21.9 Å². The van der Waals surface area contributed by atoms with Gasteiger partial charge in [-0.15, -0.1) is 0 Å². The van der Waals surface area contributed by atoms with Gasteiger partial charge in [0.05, 0.1) is 11.7 Å². The summed E-state index contributed by atoms with van der Waals surface area (Å²) in [5.41, 5.74) is -0.735. The molecular formula is C9H11F3OS. The fourth-order valence-electron chi connectivity index (χ4n) is 1.13. The molecule has 0 aromatic carbocycles. The fraction of sp³-hybridized carbons (Fsp3) is 0.556. The molecule has 1 heterocycles. The lowest BCUT2D eigenvalue weighted by Gasteiger charge is -2.16. The zero-order valence-corrected chi connectivity index (χ0v) is 8.62. The molecule has 1 rings (SSSR count). The number of halogens is 3. The SMILES string of the molecule is CC(C)C(O)c1cscc1C(F)(F)F. The van der Waals surface area contributed by atoms with E-state index in [9.17, 15) is 18.3 Å². The van der Waals surface area contributed by atoms with Crippen molar-refractivity contribution < 1.29 is 18.3 Å². The summed E-state index contributed by atoms with van der Waals surface area (Å²) in [7, 11) is 0. The van der Waals surface area contributed by atoms with Crippen LogP contribution in [0.3, 0.4) is 0 Å². The summed E-state index contributed by atoms with van der Waals surface area (Å²) < 4.78 is 37.2. The minimum Gasteiger partial charge on any atom is -0.388 e. The zero-order chi connectivity index (χ0) is 10.9. The summed E-state index contributed by atoms with van der Waals surface area (Å²) in [6.07, 6.45) is -5.41. The van der Waals surface area contributed by atoms with Crippen LogP contribution in [0, 0.1) is 5.92 Å². The first-order valence-electron chi connectivity index (χ1n) is 4.15. The molecule has 0 saturated heterocycles. The number of hydrogen-bond donors (Lipinski definition) is 1. The molecule has 1 N–H and O–H groups in total. The molecule has 0 aliphatic rings. The summed E-state index contributed by atoms with van der Waals surface area (Å²) in [4.78, 5) is 0. The third-order valence-electron chi connectivity index (χ3n) is 1.95. The molecule has 0 radical (unpaired) electrons. The van der Waals surface area contributed by atoms with Gasteiger partial charge in [0.15, 0.2) is 0 Å². The Hall–Kier alpha value is -0.550. The second kappa shape index (κ2) is 3.90. The van der Waals surface area contributed by atoms with Crippen molar-refractivity contribution in [2.24, 2.45) is 5.92 Å². The maximum Gasteiger partial charge on any atom is 0.417 e. The Morgan fingerprint density at radius 1 is 1.29 bits per heavy atom. The van der Waals surface area contributed by atoms with E-state index in [4.69, 9.17) is 0 Å². The molecule has 0 amide bonds. The molecule has 80 valence electrons. The molecule has 1 atom stereocenters. The van der Waals surface area contributed by atoms with Crippen molar-refractivity contribution in [2.75, 3.05) is 0 Å². The Labute approximate surface area is 84.2 Å². The zero-order valence-electron chi connectivity index (χ0n) is 7.80. The largest absolute Gasteiger partial charge is 0.417 e. The molecule has 0 aliphatic carbocycles. The van der Waals surface area contributed by atoms with Crippen molar-refractivity contribution in [1.82, 2.24) is 0 Å². The number of rotatable bonds is 2. The summed E-state index contributed by atoms with van der Waals surface area (Å²) in [5, 5.41) is 11.9. The minimum atomic E-state index is -4.37. The second-order valence-corrected chi connectivity index (χ2v) is 4.17. The van der Waals surface area contributed by atoms with Gasteiger partial charge in [-0.1, -0.05) is 13.8 Å². The van der Waals surface area contributed by atoms with Gasteiger partial charge >= 0.3 is 6.18 Å². The predicted molar refractivity (Wildman–Crippen MR) is 49.1 cm³/mol. The van der Waals surface area contributed by atoms with Crippen LogP contribution < -0.4 is 0 Å². The summed E-state index contributed by atoms with van der Waals surface area (Å²) in [6.45, 7) is 3.37. The van der Waals surface area contributed by atoms with E-state index in [1.54, 1.807) is 13.8 Å². The third kappa shape index (κ3) is 2.27. The molecular weight excluding hydrogens is 213 g/mol. The lowest BCUT2D eigenvalue weighted by molar-refractivity contribution is -0.139. The van der Waals surface area contributed by atoms with Crippen molar-refractivity contribution in [3.8, 4) is 0 Å². The van der Waals surface area contributed by atoms with E-state index in [1.165, 1.54) is 5.38 Å². The van der Waals surface area contributed by atoms with Crippen LogP contribution in [0.15, 0.2) is 10.8 Å². The van der Waals surface area contributed by atoms with Gasteiger partial charge in [0, 0.05) is 10.9 Å². The lowest BCUT2D eigenvalue weighted by atomic mass is 9.98. The standard InChI is InChI=1S/C9H11F3OS/c1-5(2)8(13)6-3-14-4-7(6)9(10,11)12/h3-5,8,13H,1-2H3. The van der Waals surface area contributed by atoms with E-state index in [-0.39, 0.29) is 11.5 Å². The molecule has 1 aromatic heterocycles. The summed E-state index contributed by atoms with van der Waals surface area (Å²) in [5.74, 6) is -0.217. The summed E-state index contributed by atoms with van der Waals surface area (Å²) >= 11 is 0.959. The Morgan fingerprint density at radius 2 is 1.86 bits per heavy atom. The Morgan fingerprint density at radius 3 is 2.29 bits per heavy atom. The number of hydrogen-bond acceptors (Lipinski definition) is 2. The lowest BCUT2D eigenvalue weighted by Crippen LogP contribution is -2.12. The van der Waals surface area contributed by atoms with Crippen LogP contribution in [-0.2, 0) is 6.18 Å². The van der Waals surface area contributed by atoms with Crippen LogP contribution in [0.1, 0.15) is 31.1 Å². The monoisotopic (exact) mass is 224 g/mol. The first-order chi connectivity index (χ1) is 6.34. The minimum absolute atomic E-state index is 0.0162. The van der Waals surface area contributed by atoms with Crippen LogP contribution in [0.2, 0.25) is 0 Å². The van der Waals surface area contributed by atoms with Crippen LogP contribution in [0.5, 0.6) is 0 Å². The van der Waals surface area contributed by atoms with Gasteiger partial charge in [0.1, 0.15) is 0 Å². The van der Waals surface area contributed by atoms with E-state index >= 15 is 0 Å². The highest BCUT2D eigenvalue weighted by molar-refractivity contribution is 7.08. The van der Waals surface area contributed by atoms with Crippen molar-refractivity contribution in [3.63, 3.8) is 0 Å². The highest BCUT2D eigenvalue weighted by atomic mass is 32.1. The van der Waals surface area contributed by atoms with Crippen LogP contribution in [0.4, 0.5) is 13.2 Å². The van der Waals surface area contributed by atoms with E-state index in [1.807, 2.05) is 0 Å². The molecule has 0 aliphatic heterocycles. The van der Waals surface area contributed by atoms with E-state index in [0.29, 0.717) is 0 Å². The summed E-state index contributed by atoms with van der Waals surface area (Å²) in [6, 6.07) is 0. The molecule has 0 spiro atoms. The van der Waals surface area contributed by atoms with Gasteiger partial charge in [-0.2, -0.15) is 24.5 Å². The molecule has 5 heteroatoms. The molecule has 14 heavy (non-hydrogen) atoms. The molecule has 0 bridgehead atoms. The van der Waals surface area contributed by atoms with E-state index in [0.717, 1.165) is 16.7 Å². The maximum absolute atomic E-state index is 12.4. The Kier molecular flexibility index (Phi) is 3.21. The average molecular weight is 224 g/mol. The van der Waals surface area contributed by atoms with Gasteiger partial charge in [-0.25, -0.2) is 0 Å².